The summed E-state index contributed by atoms with van der Waals surface area (Å²) in [5.74, 6) is 0.985. The zero-order valence-corrected chi connectivity index (χ0v) is 13.8. The van der Waals surface area contributed by atoms with E-state index in [0.29, 0.717) is 24.3 Å². The van der Waals surface area contributed by atoms with E-state index in [0.717, 1.165) is 37.0 Å². The summed E-state index contributed by atoms with van der Waals surface area (Å²) in [7, 11) is 0. The lowest BCUT2D eigenvalue weighted by atomic mass is 9.93. The number of fused-ring (bicyclic) bond motifs is 1. The van der Waals surface area contributed by atoms with Crippen molar-refractivity contribution < 1.29 is 18.8 Å². The van der Waals surface area contributed by atoms with Gasteiger partial charge in [-0.15, -0.1) is 0 Å². The summed E-state index contributed by atoms with van der Waals surface area (Å²) in [4.78, 5) is 14.1. The third kappa shape index (κ3) is 3.00. The fourth-order valence-electron chi connectivity index (χ4n) is 3.63. The van der Waals surface area contributed by atoms with Gasteiger partial charge in [0, 0.05) is 18.5 Å². The summed E-state index contributed by atoms with van der Waals surface area (Å²) in [5, 5.41) is 17.6. The highest BCUT2D eigenvalue weighted by Gasteiger charge is 2.40. The molecule has 1 saturated heterocycles. The zero-order chi connectivity index (χ0) is 17.4. The molecule has 1 aliphatic heterocycles. The van der Waals surface area contributed by atoms with Crippen molar-refractivity contribution >= 4 is 11.8 Å². The predicted octanol–water partition coefficient (Wildman–Crippen LogP) is 2.82. The third-order valence-corrected chi connectivity index (χ3v) is 5.09. The average Bonchev–Trinajstić information content (AvgIpc) is 3.21. The molecule has 2 aromatic rings. The van der Waals surface area contributed by atoms with Crippen molar-refractivity contribution in [2.75, 3.05) is 18.4 Å². The van der Waals surface area contributed by atoms with Gasteiger partial charge in [0.1, 0.15) is 17.2 Å². The lowest BCUT2D eigenvalue weighted by Crippen LogP contribution is -2.37. The molecule has 2 N–H and O–H groups in total. The first-order chi connectivity index (χ1) is 12.0. The van der Waals surface area contributed by atoms with E-state index in [2.05, 4.69) is 10.5 Å². The molecular formula is C18H20FN3O3. The Morgan fingerprint density at radius 2 is 2.04 bits per heavy atom. The number of rotatable bonds is 2. The maximum Gasteiger partial charge on any atom is 0.323 e. The number of carbonyl (C=O) groups excluding carboxylic acids is 1. The number of nitrogens with one attached hydrogen (secondary N) is 1. The van der Waals surface area contributed by atoms with Gasteiger partial charge in [-0.25, -0.2) is 9.18 Å². The standard InChI is InChI=1S/C18H20FN3O3/c19-13-7-5-12(6-8-13)18(24)9-10-22(11-18)17(23)20-16-14-3-1-2-4-15(14)25-21-16/h5-8,24H,1-4,9-11H2,(H,20,21,23). The molecular weight excluding hydrogens is 325 g/mol. The molecule has 7 heteroatoms. The molecule has 1 atom stereocenters. The van der Waals surface area contributed by atoms with Gasteiger partial charge in [0.2, 0.25) is 0 Å². The largest absolute Gasteiger partial charge is 0.383 e. The Hall–Kier alpha value is -2.41. The first-order valence-electron chi connectivity index (χ1n) is 8.57. The van der Waals surface area contributed by atoms with Crippen LogP contribution in [-0.4, -0.2) is 34.3 Å². The Morgan fingerprint density at radius 3 is 2.84 bits per heavy atom. The van der Waals surface area contributed by atoms with Crippen LogP contribution >= 0.6 is 0 Å². The van der Waals surface area contributed by atoms with E-state index < -0.39 is 5.60 Å². The van der Waals surface area contributed by atoms with Crippen LogP contribution in [0.1, 0.15) is 36.1 Å². The molecule has 25 heavy (non-hydrogen) atoms. The predicted molar refractivity (Wildman–Crippen MR) is 88.7 cm³/mol. The molecule has 2 aliphatic rings. The van der Waals surface area contributed by atoms with Crippen molar-refractivity contribution in [3.8, 4) is 0 Å². The summed E-state index contributed by atoms with van der Waals surface area (Å²) >= 11 is 0. The molecule has 1 aromatic carbocycles. The third-order valence-electron chi connectivity index (χ3n) is 5.09. The molecule has 1 aromatic heterocycles. The number of amides is 2. The second-order valence-corrected chi connectivity index (χ2v) is 6.78. The molecule has 2 heterocycles. The van der Waals surface area contributed by atoms with Crippen LogP contribution in [-0.2, 0) is 18.4 Å². The van der Waals surface area contributed by atoms with E-state index in [1.54, 1.807) is 17.0 Å². The number of aliphatic hydroxyl groups is 1. The monoisotopic (exact) mass is 345 g/mol. The number of hydrogen-bond acceptors (Lipinski definition) is 4. The summed E-state index contributed by atoms with van der Waals surface area (Å²) in [6.07, 6.45) is 4.25. The molecule has 2 amide bonds. The quantitative estimate of drug-likeness (QED) is 0.877. The van der Waals surface area contributed by atoms with E-state index in [9.17, 15) is 14.3 Å². The summed E-state index contributed by atoms with van der Waals surface area (Å²) < 4.78 is 18.4. The van der Waals surface area contributed by atoms with Crippen LogP contribution in [0.15, 0.2) is 28.8 Å². The van der Waals surface area contributed by atoms with Gasteiger partial charge in [-0.2, -0.15) is 0 Å². The van der Waals surface area contributed by atoms with Crippen LogP contribution in [0.25, 0.3) is 0 Å². The van der Waals surface area contributed by atoms with Crippen LogP contribution < -0.4 is 5.32 Å². The van der Waals surface area contributed by atoms with Crippen LogP contribution in [0.5, 0.6) is 0 Å². The van der Waals surface area contributed by atoms with Crippen LogP contribution in [0.2, 0.25) is 0 Å². The number of aromatic nitrogens is 1. The number of carbonyl (C=O) groups is 1. The minimum atomic E-state index is -1.16. The van der Waals surface area contributed by atoms with E-state index in [4.69, 9.17) is 4.52 Å². The number of hydrogen-bond donors (Lipinski definition) is 2. The lowest BCUT2D eigenvalue weighted by Gasteiger charge is -2.24. The van der Waals surface area contributed by atoms with Crippen molar-refractivity contribution in [2.45, 2.75) is 37.7 Å². The van der Waals surface area contributed by atoms with Gasteiger partial charge >= 0.3 is 6.03 Å². The van der Waals surface area contributed by atoms with E-state index >= 15 is 0 Å². The Morgan fingerprint density at radius 1 is 1.28 bits per heavy atom. The number of urea groups is 1. The van der Waals surface area contributed by atoms with Gasteiger partial charge in [0.25, 0.3) is 0 Å². The van der Waals surface area contributed by atoms with Gasteiger partial charge in [0.15, 0.2) is 5.82 Å². The highest BCUT2D eigenvalue weighted by Crippen LogP contribution is 2.33. The summed E-state index contributed by atoms with van der Waals surface area (Å²) in [6, 6.07) is 5.45. The van der Waals surface area contributed by atoms with Crippen molar-refractivity contribution in [3.63, 3.8) is 0 Å². The van der Waals surface area contributed by atoms with Crippen LogP contribution in [0.3, 0.4) is 0 Å². The fraction of sp³-hybridized carbons (Fsp3) is 0.444. The van der Waals surface area contributed by atoms with E-state index in [1.165, 1.54) is 12.1 Å². The topological polar surface area (TPSA) is 78.6 Å². The highest BCUT2D eigenvalue weighted by atomic mass is 19.1. The Kier molecular flexibility index (Phi) is 3.95. The molecule has 4 rings (SSSR count). The van der Waals surface area contributed by atoms with Gasteiger partial charge in [-0.05, 0) is 43.4 Å². The minimum absolute atomic E-state index is 0.157. The van der Waals surface area contributed by atoms with Crippen molar-refractivity contribution in [1.82, 2.24) is 10.1 Å². The van der Waals surface area contributed by atoms with Crippen LogP contribution in [0, 0.1) is 5.82 Å². The second kappa shape index (κ2) is 6.15. The van der Waals surface area contributed by atoms with Crippen molar-refractivity contribution in [2.24, 2.45) is 0 Å². The minimum Gasteiger partial charge on any atom is -0.383 e. The SMILES string of the molecule is O=C(Nc1noc2c1CCCC2)N1CCC(O)(c2ccc(F)cc2)C1. The maximum absolute atomic E-state index is 13.1. The van der Waals surface area contributed by atoms with Gasteiger partial charge in [-0.3, -0.25) is 5.32 Å². The zero-order valence-electron chi connectivity index (χ0n) is 13.8. The number of halogens is 1. The molecule has 132 valence electrons. The van der Waals surface area contributed by atoms with Gasteiger partial charge in [-0.1, -0.05) is 17.3 Å². The van der Waals surface area contributed by atoms with Gasteiger partial charge in [0.05, 0.1) is 6.54 Å². The summed E-state index contributed by atoms with van der Waals surface area (Å²) in [6.45, 7) is 0.574. The Bertz CT molecular complexity index is 789. The molecule has 0 radical (unpaired) electrons. The van der Waals surface area contributed by atoms with Gasteiger partial charge < -0.3 is 14.5 Å². The molecule has 1 aliphatic carbocycles. The van der Waals surface area contributed by atoms with E-state index in [-0.39, 0.29) is 18.4 Å². The summed E-state index contributed by atoms with van der Waals surface area (Å²) in [5.41, 5.74) is 0.435. The highest BCUT2D eigenvalue weighted by molar-refractivity contribution is 5.89. The normalized spacial score (nSPS) is 22.7. The average molecular weight is 345 g/mol. The van der Waals surface area contributed by atoms with E-state index in [1.807, 2.05) is 0 Å². The number of anilines is 1. The smallest absolute Gasteiger partial charge is 0.323 e. The first-order valence-corrected chi connectivity index (χ1v) is 8.57. The molecule has 0 bridgehead atoms. The van der Waals surface area contributed by atoms with Crippen LogP contribution in [0.4, 0.5) is 15.0 Å². The first kappa shape index (κ1) is 16.1. The molecule has 6 nitrogen and oxygen atoms in total. The number of aryl methyl sites for hydroxylation is 1. The van der Waals surface area contributed by atoms with Crippen molar-refractivity contribution in [3.05, 3.63) is 47.0 Å². The fourth-order valence-corrected chi connectivity index (χ4v) is 3.63. The number of likely N-dealkylation sites (tertiary alicyclic amines) is 1. The van der Waals surface area contributed by atoms with Crippen molar-refractivity contribution in [1.29, 1.82) is 0 Å². The number of β-amino-alcohol motifs (C(OH)–C–C–N with tert-alkyl or cyclic N) is 1. The Labute approximate surface area is 144 Å². The Balaban J connectivity index is 1.45. The molecule has 1 unspecified atom stereocenters. The number of nitrogens with zero attached hydrogens (tertiary/aromatic N) is 2. The molecule has 0 spiro atoms. The second-order valence-electron chi connectivity index (χ2n) is 6.78. The maximum atomic E-state index is 13.1. The lowest BCUT2D eigenvalue weighted by molar-refractivity contribution is 0.0500. The molecule has 0 saturated carbocycles. The molecule has 1 fully saturated rings. The number of benzene rings is 1.